The fourth-order valence-electron chi connectivity index (χ4n) is 10.2. The molecule has 0 radical (unpaired) electrons. The Bertz CT molecular complexity index is 2210. The van der Waals surface area contributed by atoms with Gasteiger partial charge in [-0.15, -0.1) is 0 Å². The molecule has 4 aromatic rings. The van der Waals surface area contributed by atoms with E-state index in [9.17, 15) is 24.6 Å². The zero-order valence-corrected chi connectivity index (χ0v) is 37.4. The highest BCUT2D eigenvalue weighted by atomic mass is 16.7. The monoisotopic (exact) mass is 860 g/mol. The Labute approximate surface area is 370 Å². The van der Waals surface area contributed by atoms with Crippen LogP contribution in [0, 0.1) is 33.0 Å². The topological polar surface area (TPSA) is 147 Å². The van der Waals surface area contributed by atoms with Crippen molar-refractivity contribution in [3.8, 4) is 11.1 Å². The summed E-state index contributed by atoms with van der Waals surface area (Å²) < 4.78 is 36.6. The van der Waals surface area contributed by atoms with E-state index in [0.29, 0.717) is 19.1 Å². The van der Waals surface area contributed by atoms with Crippen molar-refractivity contribution in [3.05, 3.63) is 131 Å². The van der Waals surface area contributed by atoms with Crippen molar-refractivity contribution in [2.75, 3.05) is 39.6 Å². The van der Waals surface area contributed by atoms with Crippen molar-refractivity contribution < 1.29 is 53.0 Å². The molecular weight excluding hydrogens is 801 g/mol. The first-order valence-corrected chi connectivity index (χ1v) is 21.9. The molecule has 2 unspecified atom stereocenters. The smallest absolute Gasteiger partial charge is 0.314 e. The summed E-state index contributed by atoms with van der Waals surface area (Å²) in [5.74, 6) is -3.53. The highest BCUT2D eigenvalue weighted by molar-refractivity contribution is 5.82. The van der Waals surface area contributed by atoms with Crippen LogP contribution in [-0.2, 0) is 54.4 Å². The molecule has 4 aromatic carbocycles. The minimum atomic E-state index is -1.02. The van der Waals surface area contributed by atoms with Crippen LogP contribution in [0.5, 0.6) is 0 Å². The standard InChI is InChI=1S/C19H20O3.C18H16O4.C15H24O4/c1-15(20)18(2)13-21-19(22-14-18,16-9-5-3-6-10-16)17-11-7-4-8-12-17;1-17(16(19)20)10-21-18(22-11-17)14-8-4-2-6-12(14)13-7-3-5-9-15(13)18;1-12(2)10-5-6-14(12,4)15(7-10)18-8-13(3,9-19-15)11(16)17/h3-12H,13-14H2,1-2H3;2-9H,10-11H2,1H3,(H,19,20);10H,5-9H2,1-4H3,(H,16,17). The zero-order valence-electron chi connectivity index (χ0n) is 37.4. The molecule has 11 heteroatoms. The predicted octanol–water partition coefficient (Wildman–Crippen LogP) is 9.20. The van der Waals surface area contributed by atoms with Crippen LogP contribution in [0.1, 0.15) is 90.0 Å². The SMILES string of the molecule is CC(=O)C1(C)COC(c2ccccc2)(c2ccccc2)OC1.CC1(C(=O)O)COC2(CC3CCC2(C)C3(C)C)OC1.CC1(C(=O)O)COC2(OC1)c1ccccc1-c1ccccc12. The first-order chi connectivity index (χ1) is 29.8. The number of ketones is 1. The molecule has 3 aliphatic carbocycles. The van der Waals surface area contributed by atoms with E-state index in [4.69, 9.17) is 28.4 Å². The normalized spacial score (nSPS) is 29.5. The molecule has 3 heterocycles. The van der Waals surface area contributed by atoms with Gasteiger partial charge in [0.05, 0.1) is 45.1 Å². The average Bonchev–Trinajstić information content (AvgIpc) is 3.76. The summed E-state index contributed by atoms with van der Waals surface area (Å²) in [7, 11) is 0. The van der Waals surface area contributed by atoms with Gasteiger partial charge in [-0.05, 0) is 63.0 Å². The van der Waals surface area contributed by atoms with Gasteiger partial charge in [0.25, 0.3) is 0 Å². The highest BCUT2D eigenvalue weighted by Crippen LogP contribution is 2.71. The van der Waals surface area contributed by atoms with Crippen molar-refractivity contribution in [2.24, 2.45) is 33.0 Å². The Morgan fingerprint density at radius 3 is 1.27 bits per heavy atom. The lowest BCUT2D eigenvalue weighted by atomic mass is 9.68. The van der Waals surface area contributed by atoms with Gasteiger partial charge in [-0.2, -0.15) is 0 Å². The summed E-state index contributed by atoms with van der Waals surface area (Å²) in [6, 6.07) is 35.7. The van der Waals surface area contributed by atoms with Gasteiger partial charge >= 0.3 is 11.9 Å². The molecule has 5 fully saturated rings. The molecule has 10 rings (SSSR count). The Morgan fingerprint density at radius 1 is 0.508 bits per heavy atom. The molecule has 2 saturated carbocycles. The number of aliphatic carboxylic acids is 2. The lowest BCUT2D eigenvalue weighted by Gasteiger charge is -2.52. The minimum absolute atomic E-state index is 0.00942. The van der Waals surface area contributed by atoms with Gasteiger partial charge in [0, 0.05) is 34.1 Å². The number of carboxylic acids is 2. The summed E-state index contributed by atoms with van der Waals surface area (Å²) in [5.41, 5.74) is 3.60. The Hall–Kier alpha value is -4.75. The van der Waals surface area contributed by atoms with E-state index in [1.54, 1.807) is 20.8 Å². The molecule has 3 aliphatic heterocycles. The molecule has 11 nitrogen and oxygen atoms in total. The third-order valence-electron chi connectivity index (χ3n) is 15.5. The fraction of sp³-hybridized carbons (Fsp3) is 0.481. The Morgan fingerprint density at radius 2 is 0.889 bits per heavy atom. The lowest BCUT2D eigenvalue weighted by molar-refractivity contribution is -0.345. The van der Waals surface area contributed by atoms with Crippen LogP contribution >= 0.6 is 0 Å². The van der Waals surface area contributed by atoms with E-state index in [2.05, 4.69) is 20.8 Å². The van der Waals surface area contributed by atoms with Crippen LogP contribution in [0.4, 0.5) is 0 Å². The van der Waals surface area contributed by atoms with Gasteiger partial charge < -0.3 is 38.6 Å². The number of carbonyl (C=O) groups is 3. The number of Topliss-reactive ketones (excluding diaryl/α,β-unsaturated/α-hetero) is 1. The minimum Gasteiger partial charge on any atom is -0.481 e. The zero-order chi connectivity index (χ0) is 45.1. The molecular formula is C52H60O11. The molecule has 3 saturated heterocycles. The molecule has 6 aliphatic rings. The van der Waals surface area contributed by atoms with E-state index in [1.165, 1.54) is 6.42 Å². The first kappa shape index (κ1) is 44.8. The number of carboxylic acid groups (broad SMARTS) is 2. The second-order valence-corrected chi connectivity index (χ2v) is 19.9. The van der Waals surface area contributed by atoms with Crippen LogP contribution in [0.2, 0.25) is 0 Å². The predicted molar refractivity (Wildman–Crippen MR) is 234 cm³/mol. The van der Waals surface area contributed by atoms with Gasteiger partial charge in [0.1, 0.15) is 16.6 Å². The van der Waals surface area contributed by atoms with Crippen molar-refractivity contribution >= 4 is 17.7 Å². The maximum absolute atomic E-state index is 11.8. The van der Waals surface area contributed by atoms with Gasteiger partial charge in [-0.25, -0.2) is 0 Å². The average molecular weight is 861 g/mol. The molecule has 0 aromatic heterocycles. The third-order valence-corrected chi connectivity index (χ3v) is 15.5. The second-order valence-electron chi connectivity index (χ2n) is 19.9. The van der Waals surface area contributed by atoms with Crippen LogP contribution in [-0.4, -0.2) is 73.4 Å². The third kappa shape index (κ3) is 7.16. The maximum atomic E-state index is 11.8. The summed E-state index contributed by atoms with van der Waals surface area (Å²) in [5, 5.41) is 18.6. The second kappa shape index (κ2) is 16.0. The number of ether oxygens (including phenoxy) is 6. The van der Waals surface area contributed by atoms with Gasteiger partial charge in [-0.1, -0.05) is 130 Å². The molecule has 2 atom stereocenters. The summed E-state index contributed by atoms with van der Waals surface area (Å²) in [4.78, 5) is 34.5. The van der Waals surface area contributed by atoms with E-state index in [0.717, 1.165) is 46.2 Å². The van der Waals surface area contributed by atoms with Crippen LogP contribution < -0.4 is 0 Å². The Kier molecular flexibility index (Phi) is 11.4. The summed E-state index contributed by atoms with van der Waals surface area (Å²) in [6.45, 7) is 15.1. The quantitative estimate of drug-likeness (QED) is 0.198. The Balaban J connectivity index is 0.000000130. The number of hydrogen-bond donors (Lipinski definition) is 2. The number of carbonyl (C=O) groups excluding carboxylic acids is 1. The molecule has 334 valence electrons. The van der Waals surface area contributed by atoms with E-state index in [1.807, 2.05) is 116 Å². The van der Waals surface area contributed by atoms with Crippen molar-refractivity contribution in [2.45, 2.75) is 85.1 Å². The summed E-state index contributed by atoms with van der Waals surface area (Å²) >= 11 is 0. The number of benzene rings is 4. The van der Waals surface area contributed by atoms with Gasteiger partial charge in [0.15, 0.2) is 5.79 Å². The van der Waals surface area contributed by atoms with Crippen LogP contribution in [0.25, 0.3) is 11.1 Å². The van der Waals surface area contributed by atoms with Crippen molar-refractivity contribution in [1.29, 1.82) is 0 Å². The van der Waals surface area contributed by atoms with E-state index in [-0.39, 0.29) is 43.0 Å². The molecule has 63 heavy (non-hydrogen) atoms. The first-order valence-electron chi connectivity index (χ1n) is 21.9. The van der Waals surface area contributed by atoms with Crippen molar-refractivity contribution in [1.82, 2.24) is 0 Å². The molecule has 2 N–H and O–H groups in total. The summed E-state index contributed by atoms with van der Waals surface area (Å²) in [6.07, 6.45) is 3.24. The largest absolute Gasteiger partial charge is 0.481 e. The lowest BCUT2D eigenvalue weighted by Crippen LogP contribution is -2.58. The number of fused-ring (bicyclic) bond motifs is 8. The van der Waals surface area contributed by atoms with Gasteiger partial charge in [-0.3, -0.25) is 14.4 Å². The van der Waals surface area contributed by atoms with Crippen LogP contribution in [0.3, 0.4) is 0 Å². The maximum Gasteiger partial charge on any atom is 0.314 e. The van der Waals surface area contributed by atoms with Gasteiger partial charge in [0.2, 0.25) is 11.6 Å². The van der Waals surface area contributed by atoms with Crippen LogP contribution in [0.15, 0.2) is 109 Å². The molecule has 2 bridgehead atoms. The fourth-order valence-corrected chi connectivity index (χ4v) is 10.2. The van der Waals surface area contributed by atoms with Crippen molar-refractivity contribution in [3.63, 3.8) is 0 Å². The van der Waals surface area contributed by atoms with E-state index >= 15 is 0 Å². The molecule has 0 amide bonds. The number of hydrogen-bond acceptors (Lipinski definition) is 9. The number of rotatable bonds is 5. The molecule has 2 spiro atoms. The van der Waals surface area contributed by atoms with E-state index < -0.39 is 45.5 Å². The highest BCUT2D eigenvalue weighted by Gasteiger charge is 2.72.